The average Bonchev–Trinajstić information content (AvgIpc) is 3.07. The van der Waals surface area contributed by atoms with E-state index in [-0.39, 0.29) is 24.9 Å². The first-order chi connectivity index (χ1) is 23.5. The van der Waals surface area contributed by atoms with Gasteiger partial charge in [0.1, 0.15) is 6.10 Å². The first kappa shape index (κ1) is 46.6. The number of ether oxygens (including phenoxy) is 1. The molecule has 0 bridgehead atoms. The summed E-state index contributed by atoms with van der Waals surface area (Å²) < 4.78 is 5.86. The van der Waals surface area contributed by atoms with Crippen LogP contribution < -0.4 is 5.32 Å². The van der Waals surface area contributed by atoms with Crippen LogP contribution in [0.25, 0.3) is 0 Å². The fourth-order valence-corrected chi connectivity index (χ4v) is 6.37. The van der Waals surface area contributed by atoms with Crippen LogP contribution >= 0.6 is 0 Å². The molecule has 0 fully saturated rings. The minimum Gasteiger partial charge on any atom is -0.462 e. The number of rotatable bonds is 37. The largest absolute Gasteiger partial charge is 0.462 e. The summed E-state index contributed by atoms with van der Waals surface area (Å²) in [6, 6.07) is -0.692. The van der Waals surface area contributed by atoms with Gasteiger partial charge in [-0.05, 0) is 44.9 Å². The number of amides is 1. The molecule has 0 radical (unpaired) electrons. The Morgan fingerprint density at radius 3 is 1.56 bits per heavy atom. The molecule has 0 aliphatic carbocycles. The standard InChI is InChI=1S/C42H81NO5/c1-4-7-10-13-16-19-22-25-28-31-34-40(45)39(37-44)43-41(46)36-38(33-30-27-24-21-18-15-12-9-6-3)48-42(47)35-32-29-26-23-20-17-14-11-8-5-2/h11,14,38-40,44-45H,4-10,12-13,15-37H2,1-3H3,(H,43,46)/b14-11-. The van der Waals surface area contributed by atoms with Gasteiger partial charge in [-0.2, -0.15) is 0 Å². The Hall–Kier alpha value is -1.40. The Kier molecular flexibility index (Phi) is 35.8. The summed E-state index contributed by atoms with van der Waals surface area (Å²) in [6.45, 7) is 6.38. The number of nitrogens with one attached hydrogen (secondary N) is 1. The van der Waals surface area contributed by atoms with Gasteiger partial charge in [0.25, 0.3) is 0 Å². The topological polar surface area (TPSA) is 95.9 Å². The Labute approximate surface area is 298 Å². The van der Waals surface area contributed by atoms with Gasteiger partial charge in [0.15, 0.2) is 0 Å². The molecular weight excluding hydrogens is 598 g/mol. The van der Waals surface area contributed by atoms with Gasteiger partial charge in [-0.15, -0.1) is 0 Å². The second-order valence-electron chi connectivity index (χ2n) is 14.4. The number of aliphatic hydroxyl groups is 2. The Bertz CT molecular complexity index is 727. The van der Waals surface area contributed by atoms with Gasteiger partial charge in [-0.3, -0.25) is 9.59 Å². The van der Waals surface area contributed by atoms with E-state index in [1.807, 2.05) is 0 Å². The summed E-state index contributed by atoms with van der Waals surface area (Å²) in [7, 11) is 0. The summed E-state index contributed by atoms with van der Waals surface area (Å²) in [5.41, 5.74) is 0. The molecule has 3 N–H and O–H groups in total. The van der Waals surface area contributed by atoms with Crippen LogP contribution in [0.3, 0.4) is 0 Å². The van der Waals surface area contributed by atoms with E-state index >= 15 is 0 Å². The van der Waals surface area contributed by atoms with Gasteiger partial charge in [0, 0.05) is 6.42 Å². The third-order valence-electron chi connectivity index (χ3n) is 9.58. The van der Waals surface area contributed by atoms with Crippen LogP contribution in [-0.2, 0) is 14.3 Å². The highest BCUT2D eigenvalue weighted by molar-refractivity contribution is 5.77. The molecule has 6 heteroatoms. The zero-order chi connectivity index (χ0) is 35.3. The van der Waals surface area contributed by atoms with E-state index in [0.29, 0.717) is 19.3 Å². The zero-order valence-corrected chi connectivity index (χ0v) is 32.1. The summed E-state index contributed by atoms with van der Waals surface area (Å²) in [5.74, 6) is -0.483. The number of allylic oxidation sites excluding steroid dienone is 2. The van der Waals surface area contributed by atoms with E-state index in [0.717, 1.165) is 57.8 Å². The molecule has 0 aromatic carbocycles. The number of hydrogen-bond donors (Lipinski definition) is 3. The molecule has 0 aromatic rings. The highest BCUT2D eigenvalue weighted by atomic mass is 16.5. The third-order valence-corrected chi connectivity index (χ3v) is 9.58. The molecule has 0 aliphatic rings. The lowest BCUT2D eigenvalue weighted by atomic mass is 10.0. The van der Waals surface area contributed by atoms with Gasteiger partial charge in [-0.1, -0.05) is 174 Å². The minimum absolute atomic E-state index is 0.0791. The smallest absolute Gasteiger partial charge is 0.306 e. The zero-order valence-electron chi connectivity index (χ0n) is 32.1. The van der Waals surface area contributed by atoms with Gasteiger partial charge >= 0.3 is 5.97 Å². The highest BCUT2D eigenvalue weighted by Gasteiger charge is 2.24. The average molecular weight is 680 g/mol. The van der Waals surface area contributed by atoms with Crippen molar-refractivity contribution in [3.8, 4) is 0 Å². The molecule has 0 aliphatic heterocycles. The first-order valence-electron chi connectivity index (χ1n) is 20.9. The number of carbonyl (C=O) groups is 2. The summed E-state index contributed by atoms with van der Waals surface area (Å²) in [4.78, 5) is 25.8. The van der Waals surface area contributed by atoms with Crippen molar-refractivity contribution in [3.05, 3.63) is 12.2 Å². The van der Waals surface area contributed by atoms with Gasteiger partial charge in [-0.25, -0.2) is 0 Å². The van der Waals surface area contributed by atoms with Crippen LogP contribution in [0, 0.1) is 0 Å². The molecule has 284 valence electrons. The molecule has 0 spiro atoms. The lowest BCUT2D eigenvalue weighted by molar-refractivity contribution is -0.151. The van der Waals surface area contributed by atoms with Crippen LogP contribution in [0.2, 0.25) is 0 Å². The predicted molar refractivity (Wildman–Crippen MR) is 204 cm³/mol. The molecular formula is C42H81NO5. The summed E-state index contributed by atoms with van der Waals surface area (Å²) in [5, 5.41) is 23.5. The second-order valence-corrected chi connectivity index (χ2v) is 14.4. The van der Waals surface area contributed by atoms with Crippen molar-refractivity contribution in [2.75, 3.05) is 6.61 Å². The number of esters is 1. The Balaban J connectivity index is 4.56. The molecule has 0 rings (SSSR count). The van der Waals surface area contributed by atoms with Crippen LogP contribution in [0.15, 0.2) is 12.2 Å². The van der Waals surface area contributed by atoms with E-state index in [2.05, 4.69) is 38.2 Å². The molecule has 1 amide bonds. The van der Waals surface area contributed by atoms with E-state index in [1.54, 1.807) is 0 Å². The SMILES string of the molecule is CCC/C=C\CCCCCCCC(=O)OC(CCCCCCCCCCC)CC(=O)NC(CO)C(O)CCCCCCCCCCCC. The maximum absolute atomic E-state index is 13.0. The van der Waals surface area contributed by atoms with Gasteiger partial charge in [0.2, 0.25) is 5.91 Å². The molecule has 0 aromatic heterocycles. The molecule has 3 unspecified atom stereocenters. The number of hydrogen-bond acceptors (Lipinski definition) is 5. The van der Waals surface area contributed by atoms with Gasteiger partial charge in [0.05, 0.1) is 25.2 Å². The van der Waals surface area contributed by atoms with E-state index in [1.165, 1.54) is 116 Å². The number of carbonyl (C=O) groups excluding carboxylic acids is 2. The van der Waals surface area contributed by atoms with Crippen molar-refractivity contribution in [1.29, 1.82) is 0 Å². The maximum atomic E-state index is 13.0. The molecule has 0 heterocycles. The third kappa shape index (κ3) is 31.8. The van der Waals surface area contributed by atoms with Crippen molar-refractivity contribution >= 4 is 11.9 Å². The lowest BCUT2D eigenvalue weighted by Crippen LogP contribution is -2.46. The number of unbranched alkanes of at least 4 members (excludes halogenated alkanes) is 23. The minimum atomic E-state index is -0.779. The van der Waals surface area contributed by atoms with Crippen LogP contribution in [0.4, 0.5) is 0 Å². The predicted octanol–water partition coefficient (Wildman–Crippen LogP) is 11.4. The van der Waals surface area contributed by atoms with Crippen LogP contribution in [0.5, 0.6) is 0 Å². The van der Waals surface area contributed by atoms with Crippen molar-refractivity contribution in [1.82, 2.24) is 5.32 Å². The van der Waals surface area contributed by atoms with Gasteiger partial charge < -0.3 is 20.3 Å². The van der Waals surface area contributed by atoms with Crippen molar-refractivity contribution < 1.29 is 24.5 Å². The van der Waals surface area contributed by atoms with E-state index < -0.39 is 18.2 Å². The van der Waals surface area contributed by atoms with Crippen LogP contribution in [-0.4, -0.2) is 46.9 Å². The van der Waals surface area contributed by atoms with Crippen molar-refractivity contribution in [2.24, 2.45) is 0 Å². The molecule has 0 saturated heterocycles. The van der Waals surface area contributed by atoms with E-state index in [9.17, 15) is 19.8 Å². The molecule has 3 atom stereocenters. The fourth-order valence-electron chi connectivity index (χ4n) is 6.37. The highest BCUT2D eigenvalue weighted by Crippen LogP contribution is 2.17. The molecule has 48 heavy (non-hydrogen) atoms. The maximum Gasteiger partial charge on any atom is 0.306 e. The monoisotopic (exact) mass is 680 g/mol. The summed E-state index contributed by atoms with van der Waals surface area (Å²) >= 11 is 0. The van der Waals surface area contributed by atoms with E-state index in [4.69, 9.17) is 4.74 Å². The lowest BCUT2D eigenvalue weighted by Gasteiger charge is -2.24. The normalized spacial score (nSPS) is 13.5. The molecule has 0 saturated carbocycles. The Morgan fingerprint density at radius 2 is 1.04 bits per heavy atom. The van der Waals surface area contributed by atoms with Crippen LogP contribution in [0.1, 0.15) is 220 Å². The quantitative estimate of drug-likeness (QED) is 0.0345. The van der Waals surface area contributed by atoms with Crippen molar-refractivity contribution in [2.45, 2.75) is 238 Å². The second kappa shape index (κ2) is 36.9. The summed E-state index contributed by atoms with van der Waals surface area (Å²) in [6.07, 6.45) is 37.0. The number of aliphatic hydroxyl groups excluding tert-OH is 2. The molecule has 6 nitrogen and oxygen atoms in total. The Morgan fingerprint density at radius 1 is 0.583 bits per heavy atom. The van der Waals surface area contributed by atoms with Crippen molar-refractivity contribution in [3.63, 3.8) is 0 Å². The first-order valence-corrected chi connectivity index (χ1v) is 20.9. The fraction of sp³-hybridized carbons (Fsp3) is 0.905.